The number of aromatic nitrogens is 2. The molecule has 2 aromatic rings. The number of halogens is 2. The summed E-state index contributed by atoms with van der Waals surface area (Å²) in [6.07, 6.45) is 9.73. The predicted molar refractivity (Wildman–Crippen MR) is 132 cm³/mol. The third-order valence-corrected chi connectivity index (χ3v) is 7.60. The predicted octanol–water partition coefficient (Wildman–Crippen LogP) is 4.21. The van der Waals surface area contributed by atoms with Gasteiger partial charge < -0.3 is 15.4 Å². The van der Waals surface area contributed by atoms with Crippen molar-refractivity contribution in [3.8, 4) is 18.2 Å². The van der Waals surface area contributed by atoms with E-state index in [1.165, 1.54) is 42.4 Å². The van der Waals surface area contributed by atoms with Gasteiger partial charge in [0, 0.05) is 31.3 Å². The van der Waals surface area contributed by atoms with Crippen LogP contribution in [0.3, 0.4) is 0 Å². The molecular weight excluding hydrogens is 456 g/mol. The molecule has 3 atom stereocenters. The highest BCUT2D eigenvalue weighted by molar-refractivity contribution is 8.15. The highest BCUT2D eigenvalue weighted by Gasteiger charge is 2.68. The molecule has 0 unspecified atom stereocenters. The molecule has 0 spiro atoms. The van der Waals surface area contributed by atoms with E-state index in [0.29, 0.717) is 16.3 Å². The monoisotopic (exact) mass is 481 g/mol. The van der Waals surface area contributed by atoms with E-state index in [1.807, 2.05) is 25.9 Å². The minimum atomic E-state index is -0.908. The summed E-state index contributed by atoms with van der Waals surface area (Å²) < 4.78 is 34.8. The van der Waals surface area contributed by atoms with Crippen molar-refractivity contribution >= 4 is 28.8 Å². The molecule has 2 heterocycles. The van der Waals surface area contributed by atoms with E-state index in [0.717, 1.165) is 12.1 Å². The van der Waals surface area contributed by atoms with Crippen LogP contribution in [-0.2, 0) is 5.54 Å². The quantitative estimate of drug-likeness (QED) is 0.597. The number of amidine groups is 1. The number of hydrogen-bond donors (Lipinski definition) is 1. The zero-order valence-electron chi connectivity index (χ0n) is 19.2. The average Bonchev–Trinajstić information content (AvgIpc) is 3.55. The molecule has 1 aliphatic carbocycles. The highest BCUT2D eigenvalue weighted by Crippen LogP contribution is 2.68. The fourth-order valence-corrected chi connectivity index (χ4v) is 5.93. The highest BCUT2D eigenvalue weighted by atomic mass is 32.2. The summed E-state index contributed by atoms with van der Waals surface area (Å²) in [5.74, 6) is 1.48. The van der Waals surface area contributed by atoms with Crippen LogP contribution in [0.1, 0.15) is 30.2 Å². The van der Waals surface area contributed by atoms with E-state index < -0.39 is 17.2 Å². The van der Waals surface area contributed by atoms with Crippen molar-refractivity contribution in [2.24, 2.45) is 16.6 Å². The van der Waals surface area contributed by atoms with Gasteiger partial charge in [0.05, 0.1) is 22.7 Å². The molecule has 1 aromatic carbocycles. The van der Waals surface area contributed by atoms with Crippen LogP contribution in [0.2, 0.25) is 0 Å². The zero-order valence-corrected chi connectivity index (χ0v) is 20.0. The molecule has 34 heavy (non-hydrogen) atoms. The zero-order chi connectivity index (χ0) is 24.7. The maximum absolute atomic E-state index is 15.1. The molecule has 6 nitrogen and oxygen atoms in total. The van der Waals surface area contributed by atoms with Crippen molar-refractivity contribution in [2.75, 3.05) is 20.7 Å². The summed E-state index contributed by atoms with van der Waals surface area (Å²) in [6, 6.07) is 4.44. The van der Waals surface area contributed by atoms with Crippen molar-refractivity contribution < 1.29 is 13.5 Å². The van der Waals surface area contributed by atoms with Crippen LogP contribution in [-0.4, -0.2) is 45.5 Å². The third-order valence-electron chi connectivity index (χ3n) is 6.25. The largest absolute Gasteiger partial charge is 0.463 e. The van der Waals surface area contributed by atoms with Crippen LogP contribution in [0.25, 0.3) is 11.9 Å². The molecule has 0 saturated heterocycles. The SMILES string of the molecule is C#CCOc1cnc(/C(F)=C/c2ccc(F)c([C@@]3(C)N=C(N)S[C@@]4(C(=C)N(C)C)C[C@H]43)c2)cn1. The van der Waals surface area contributed by atoms with Gasteiger partial charge in [-0.1, -0.05) is 30.3 Å². The Morgan fingerprint density at radius 3 is 2.82 bits per heavy atom. The van der Waals surface area contributed by atoms with E-state index >= 15 is 4.39 Å². The van der Waals surface area contributed by atoms with Crippen LogP contribution in [0.4, 0.5) is 8.78 Å². The summed E-state index contributed by atoms with van der Waals surface area (Å²) in [4.78, 5) is 14.6. The lowest BCUT2D eigenvalue weighted by Gasteiger charge is -2.36. The van der Waals surface area contributed by atoms with E-state index in [9.17, 15) is 4.39 Å². The van der Waals surface area contributed by atoms with Crippen LogP contribution in [0, 0.1) is 24.1 Å². The minimum Gasteiger partial charge on any atom is -0.463 e. The Kier molecular flexibility index (Phi) is 6.13. The first-order valence-corrected chi connectivity index (χ1v) is 11.4. The topological polar surface area (TPSA) is 76.6 Å². The molecule has 0 bridgehead atoms. The van der Waals surface area contributed by atoms with Gasteiger partial charge in [-0.15, -0.1) is 6.42 Å². The normalized spacial score (nSPS) is 25.6. The number of nitrogens with two attached hydrogens (primary N) is 1. The summed E-state index contributed by atoms with van der Waals surface area (Å²) >= 11 is 1.48. The number of rotatable bonds is 7. The number of aliphatic imine (C=N–C) groups is 1. The molecule has 9 heteroatoms. The number of fused-ring (bicyclic) bond motifs is 1. The molecule has 0 radical (unpaired) electrons. The number of hydrogen-bond acceptors (Lipinski definition) is 7. The fourth-order valence-electron chi connectivity index (χ4n) is 4.40. The second kappa shape index (κ2) is 8.76. The van der Waals surface area contributed by atoms with Gasteiger partial charge >= 0.3 is 0 Å². The lowest BCUT2D eigenvalue weighted by molar-refractivity contribution is 0.353. The third kappa shape index (κ3) is 4.14. The Morgan fingerprint density at radius 2 is 2.18 bits per heavy atom. The summed E-state index contributed by atoms with van der Waals surface area (Å²) in [5.41, 5.74) is 7.05. The number of nitrogens with zero attached hydrogens (tertiary/aromatic N) is 4. The van der Waals surface area contributed by atoms with Gasteiger partial charge in [0.2, 0.25) is 5.88 Å². The number of ether oxygens (including phenoxy) is 1. The molecule has 176 valence electrons. The standard InChI is InChI=1S/C25H25F2N5OS/c1-6-9-33-22-14-29-20(13-30-22)19(27)11-16-7-8-18(26)17(10-16)24(3)21-12-25(21,15(2)32(4)5)34-23(28)31-24/h1,7-8,10-11,13-14,21H,2,9,12H2,3-5H3,(H2,28,31)/b19-11-/t21-,24+,25+/m0/s1. The van der Waals surface area contributed by atoms with Crippen LogP contribution >= 0.6 is 11.8 Å². The molecule has 0 amide bonds. The first-order valence-electron chi connectivity index (χ1n) is 10.6. The van der Waals surface area contributed by atoms with E-state index in [1.54, 1.807) is 6.07 Å². The van der Waals surface area contributed by atoms with Gasteiger partial charge in [-0.05, 0) is 37.1 Å². The molecule has 4 rings (SSSR count). The Balaban J connectivity index is 1.66. The molecule has 1 aliphatic heterocycles. The minimum absolute atomic E-state index is 0.00666. The van der Waals surface area contributed by atoms with Crippen LogP contribution in [0.15, 0.2) is 47.9 Å². The number of terminal acetylenes is 1. The first-order chi connectivity index (χ1) is 16.1. The Bertz CT molecular complexity index is 1240. The smallest absolute Gasteiger partial charge is 0.233 e. The van der Waals surface area contributed by atoms with Crippen molar-refractivity contribution in [1.29, 1.82) is 0 Å². The van der Waals surface area contributed by atoms with Crippen molar-refractivity contribution in [3.63, 3.8) is 0 Å². The van der Waals surface area contributed by atoms with Crippen molar-refractivity contribution in [3.05, 3.63) is 65.5 Å². The fraction of sp³-hybridized carbons (Fsp3) is 0.320. The summed E-state index contributed by atoms with van der Waals surface area (Å²) in [5, 5.41) is 0.383. The van der Waals surface area contributed by atoms with Gasteiger partial charge in [-0.3, -0.25) is 4.99 Å². The van der Waals surface area contributed by atoms with Gasteiger partial charge in [-0.2, -0.15) is 0 Å². The molecule has 2 aliphatic rings. The Morgan fingerprint density at radius 1 is 1.41 bits per heavy atom. The first kappa shape index (κ1) is 23.8. The second-order valence-corrected chi connectivity index (χ2v) is 10.0. The average molecular weight is 482 g/mol. The van der Waals surface area contributed by atoms with Crippen molar-refractivity contribution in [1.82, 2.24) is 14.9 Å². The lowest BCUT2D eigenvalue weighted by Crippen LogP contribution is -2.38. The van der Waals surface area contributed by atoms with Gasteiger partial charge in [0.15, 0.2) is 17.6 Å². The molecule has 1 aromatic heterocycles. The number of benzene rings is 1. The van der Waals surface area contributed by atoms with Crippen LogP contribution < -0.4 is 10.5 Å². The number of thioether (sulfide) groups is 1. The summed E-state index contributed by atoms with van der Waals surface area (Å²) in [6.45, 7) is 6.14. The van der Waals surface area contributed by atoms with Gasteiger partial charge in [-0.25, -0.2) is 18.7 Å². The molecular formula is C25H25F2N5OS. The molecule has 1 fully saturated rings. The second-order valence-electron chi connectivity index (χ2n) is 8.65. The van der Waals surface area contributed by atoms with Crippen molar-refractivity contribution in [2.45, 2.75) is 23.6 Å². The lowest BCUT2D eigenvalue weighted by atomic mass is 9.84. The van der Waals surface area contributed by atoms with E-state index in [2.05, 4.69) is 27.5 Å². The Hall–Kier alpha value is -3.38. The van der Waals surface area contributed by atoms with Gasteiger partial charge in [0.1, 0.15) is 11.5 Å². The maximum atomic E-state index is 15.1. The van der Waals surface area contributed by atoms with Gasteiger partial charge in [0.25, 0.3) is 0 Å². The molecule has 2 N–H and O–H groups in total. The van der Waals surface area contributed by atoms with E-state index in [-0.39, 0.29) is 28.8 Å². The maximum Gasteiger partial charge on any atom is 0.233 e. The Labute approximate surface area is 202 Å². The van der Waals surface area contributed by atoms with E-state index in [4.69, 9.17) is 16.9 Å². The summed E-state index contributed by atoms with van der Waals surface area (Å²) in [7, 11) is 3.86. The van der Waals surface area contributed by atoms with Crippen LogP contribution in [0.5, 0.6) is 5.88 Å². The molecule has 1 saturated carbocycles.